The van der Waals surface area contributed by atoms with Crippen LogP contribution in [0.1, 0.15) is 11.4 Å². The third-order valence-corrected chi connectivity index (χ3v) is 1.61. The highest BCUT2D eigenvalue weighted by molar-refractivity contribution is 7.80. The standard InChI is InChI=1S/C8H13N7S/c1-4-3-5(2)12-8(11-4)13-6(9)14-15-7(10)16/h3H,1-2H3,(H3,10,15,16)(H3,9,11,12,13,14). The SMILES string of the molecule is Cc1cc(C)nc(/N=C(\N)NNC(N)=S)n1. The van der Waals surface area contributed by atoms with Gasteiger partial charge in [-0.25, -0.2) is 9.97 Å². The first-order valence-corrected chi connectivity index (χ1v) is 4.86. The van der Waals surface area contributed by atoms with Gasteiger partial charge in [0, 0.05) is 11.4 Å². The van der Waals surface area contributed by atoms with Crippen molar-refractivity contribution in [1.82, 2.24) is 20.8 Å². The summed E-state index contributed by atoms with van der Waals surface area (Å²) in [6, 6.07) is 1.84. The van der Waals surface area contributed by atoms with Crippen molar-refractivity contribution in [3.63, 3.8) is 0 Å². The van der Waals surface area contributed by atoms with Crippen molar-refractivity contribution >= 4 is 29.2 Å². The van der Waals surface area contributed by atoms with Crippen molar-refractivity contribution in [1.29, 1.82) is 0 Å². The number of aryl methyl sites for hydroxylation is 2. The summed E-state index contributed by atoms with van der Waals surface area (Å²) in [5.41, 5.74) is 17.3. The van der Waals surface area contributed by atoms with Gasteiger partial charge in [-0.2, -0.15) is 4.99 Å². The molecule has 0 atom stereocenters. The average Bonchev–Trinajstić information content (AvgIpc) is 2.12. The maximum atomic E-state index is 5.54. The zero-order valence-corrected chi connectivity index (χ0v) is 9.80. The molecular weight excluding hydrogens is 226 g/mol. The molecule has 0 aliphatic carbocycles. The largest absolute Gasteiger partial charge is 0.375 e. The molecule has 1 rings (SSSR count). The van der Waals surface area contributed by atoms with E-state index >= 15 is 0 Å². The molecule has 16 heavy (non-hydrogen) atoms. The van der Waals surface area contributed by atoms with Gasteiger partial charge in [-0.3, -0.25) is 10.9 Å². The lowest BCUT2D eigenvalue weighted by atomic mass is 10.4. The van der Waals surface area contributed by atoms with E-state index in [1.807, 2.05) is 19.9 Å². The van der Waals surface area contributed by atoms with Gasteiger partial charge in [-0.1, -0.05) is 0 Å². The Morgan fingerprint density at radius 1 is 1.25 bits per heavy atom. The molecule has 8 heteroatoms. The van der Waals surface area contributed by atoms with E-state index in [2.05, 4.69) is 38.0 Å². The topological polar surface area (TPSA) is 114 Å². The highest BCUT2D eigenvalue weighted by Crippen LogP contribution is 2.06. The molecule has 86 valence electrons. The Kier molecular flexibility index (Phi) is 3.95. The van der Waals surface area contributed by atoms with Crippen molar-refractivity contribution in [3.05, 3.63) is 17.5 Å². The van der Waals surface area contributed by atoms with Gasteiger partial charge in [-0.05, 0) is 32.1 Å². The lowest BCUT2D eigenvalue weighted by Crippen LogP contribution is -2.47. The molecule has 0 amide bonds. The van der Waals surface area contributed by atoms with Crippen LogP contribution >= 0.6 is 12.2 Å². The van der Waals surface area contributed by atoms with Crippen molar-refractivity contribution in [3.8, 4) is 0 Å². The van der Waals surface area contributed by atoms with Crippen LogP contribution in [-0.2, 0) is 0 Å². The molecule has 7 nitrogen and oxygen atoms in total. The molecule has 1 aromatic heterocycles. The molecule has 0 bridgehead atoms. The van der Waals surface area contributed by atoms with Crippen molar-refractivity contribution < 1.29 is 0 Å². The van der Waals surface area contributed by atoms with Gasteiger partial charge in [0.1, 0.15) is 0 Å². The third-order valence-electron chi connectivity index (χ3n) is 1.50. The van der Waals surface area contributed by atoms with Crippen LogP contribution in [0.3, 0.4) is 0 Å². The number of nitrogens with one attached hydrogen (secondary N) is 2. The van der Waals surface area contributed by atoms with Gasteiger partial charge in [0.2, 0.25) is 5.96 Å². The van der Waals surface area contributed by atoms with E-state index in [-0.39, 0.29) is 17.0 Å². The number of aliphatic imine (C=N–C) groups is 1. The van der Waals surface area contributed by atoms with Gasteiger partial charge in [0.15, 0.2) is 5.11 Å². The first kappa shape index (κ1) is 12.1. The molecule has 1 aromatic rings. The van der Waals surface area contributed by atoms with Gasteiger partial charge >= 0.3 is 0 Å². The van der Waals surface area contributed by atoms with Crippen molar-refractivity contribution in [2.45, 2.75) is 13.8 Å². The molecule has 0 saturated heterocycles. The fraction of sp³-hybridized carbons (Fsp3) is 0.250. The van der Waals surface area contributed by atoms with Crippen LogP contribution in [0, 0.1) is 13.8 Å². The summed E-state index contributed by atoms with van der Waals surface area (Å²) in [5, 5.41) is 0.0690. The minimum atomic E-state index is 0.0690. The Balaban J connectivity index is 2.77. The fourth-order valence-corrected chi connectivity index (χ4v) is 1.07. The predicted molar refractivity (Wildman–Crippen MR) is 65.8 cm³/mol. The van der Waals surface area contributed by atoms with Crippen LogP contribution in [0.5, 0.6) is 0 Å². The number of thiocarbonyl (C=S) groups is 1. The van der Waals surface area contributed by atoms with Crippen LogP contribution in [0.4, 0.5) is 5.95 Å². The number of rotatable bonds is 1. The number of nitrogens with two attached hydrogens (primary N) is 2. The number of guanidine groups is 1. The molecule has 6 N–H and O–H groups in total. The summed E-state index contributed by atoms with van der Waals surface area (Å²) in [6.45, 7) is 3.70. The van der Waals surface area contributed by atoms with Gasteiger partial charge < -0.3 is 11.5 Å². The molecular formula is C8H13N7S. The minimum absolute atomic E-state index is 0.0690. The van der Waals surface area contributed by atoms with E-state index < -0.39 is 0 Å². The van der Waals surface area contributed by atoms with Crippen LogP contribution in [-0.4, -0.2) is 21.0 Å². The van der Waals surface area contributed by atoms with E-state index in [1.165, 1.54) is 0 Å². The summed E-state index contributed by atoms with van der Waals surface area (Å²) in [6.07, 6.45) is 0. The molecule has 0 saturated carbocycles. The van der Waals surface area contributed by atoms with Crippen LogP contribution < -0.4 is 22.3 Å². The zero-order valence-electron chi connectivity index (χ0n) is 8.98. The zero-order chi connectivity index (χ0) is 12.1. The molecule has 0 fully saturated rings. The number of hydrazine groups is 1. The van der Waals surface area contributed by atoms with E-state index in [0.717, 1.165) is 11.4 Å². The van der Waals surface area contributed by atoms with Gasteiger partial charge in [0.05, 0.1) is 0 Å². The van der Waals surface area contributed by atoms with E-state index in [1.54, 1.807) is 0 Å². The second kappa shape index (κ2) is 5.21. The summed E-state index contributed by atoms with van der Waals surface area (Å²) < 4.78 is 0. The summed E-state index contributed by atoms with van der Waals surface area (Å²) >= 11 is 4.58. The number of hydrogen-bond acceptors (Lipinski definition) is 4. The highest BCUT2D eigenvalue weighted by Gasteiger charge is 1.99. The lowest BCUT2D eigenvalue weighted by Gasteiger charge is -2.05. The van der Waals surface area contributed by atoms with Crippen molar-refractivity contribution in [2.24, 2.45) is 16.5 Å². The normalized spacial score (nSPS) is 11.0. The molecule has 0 aliphatic heterocycles. The monoisotopic (exact) mass is 239 g/mol. The van der Waals surface area contributed by atoms with E-state index in [0.29, 0.717) is 0 Å². The maximum absolute atomic E-state index is 5.54. The fourth-order valence-electron chi connectivity index (χ4n) is 1.02. The third kappa shape index (κ3) is 4.05. The summed E-state index contributed by atoms with van der Waals surface area (Å²) in [4.78, 5) is 12.1. The lowest BCUT2D eigenvalue weighted by molar-refractivity contribution is 0.855. The van der Waals surface area contributed by atoms with E-state index in [4.69, 9.17) is 11.5 Å². The molecule has 0 unspecified atom stereocenters. The summed E-state index contributed by atoms with van der Waals surface area (Å²) in [7, 11) is 0. The van der Waals surface area contributed by atoms with Crippen molar-refractivity contribution in [2.75, 3.05) is 0 Å². The predicted octanol–water partition coefficient (Wildman–Crippen LogP) is -0.623. The Labute approximate surface area is 98.3 Å². The minimum Gasteiger partial charge on any atom is -0.375 e. The van der Waals surface area contributed by atoms with Crippen LogP contribution in [0.25, 0.3) is 0 Å². The second-order valence-corrected chi connectivity index (χ2v) is 3.50. The van der Waals surface area contributed by atoms with E-state index in [9.17, 15) is 0 Å². The highest BCUT2D eigenvalue weighted by atomic mass is 32.1. The Bertz CT molecular complexity index is 408. The Hall–Kier alpha value is -1.96. The summed E-state index contributed by atoms with van der Waals surface area (Å²) in [5.74, 6) is 0.366. The Morgan fingerprint density at radius 2 is 1.81 bits per heavy atom. The van der Waals surface area contributed by atoms with Crippen LogP contribution in [0.2, 0.25) is 0 Å². The molecule has 0 spiro atoms. The van der Waals surface area contributed by atoms with Gasteiger partial charge in [0.25, 0.3) is 5.95 Å². The maximum Gasteiger partial charge on any atom is 0.253 e. The smallest absolute Gasteiger partial charge is 0.253 e. The molecule has 0 aliphatic rings. The Morgan fingerprint density at radius 3 is 2.31 bits per heavy atom. The number of hydrogen-bond donors (Lipinski definition) is 4. The molecule has 1 heterocycles. The van der Waals surface area contributed by atoms with Gasteiger partial charge in [-0.15, -0.1) is 0 Å². The number of nitrogens with zero attached hydrogens (tertiary/aromatic N) is 3. The quantitative estimate of drug-likeness (QED) is 0.223. The molecule has 0 radical (unpaired) electrons. The number of aromatic nitrogens is 2. The first-order valence-electron chi connectivity index (χ1n) is 4.45. The van der Waals surface area contributed by atoms with Crippen LogP contribution in [0.15, 0.2) is 11.1 Å². The first-order chi connectivity index (χ1) is 7.47. The average molecular weight is 239 g/mol. The second-order valence-electron chi connectivity index (χ2n) is 3.06. The molecule has 0 aromatic carbocycles.